The average Bonchev–Trinajstić information content (AvgIpc) is 2.64. The van der Waals surface area contributed by atoms with Crippen LogP contribution in [0.2, 0.25) is 5.02 Å². The van der Waals surface area contributed by atoms with E-state index in [0.717, 1.165) is 27.0 Å². The van der Waals surface area contributed by atoms with E-state index in [1.165, 1.54) is 18.2 Å². The summed E-state index contributed by atoms with van der Waals surface area (Å²) in [6.07, 6.45) is 0.713. The molecule has 1 aromatic heterocycles. The lowest BCUT2D eigenvalue weighted by molar-refractivity contribution is -0.945. The molecule has 1 N–H and O–H groups in total. The molecule has 2 aromatic carbocycles. The molecule has 0 aliphatic carbocycles. The van der Waals surface area contributed by atoms with Crippen molar-refractivity contribution >= 4 is 22.6 Å². The van der Waals surface area contributed by atoms with Crippen molar-refractivity contribution in [2.75, 3.05) is 6.73 Å². The smallest absolute Gasteiger partial charge is 0.336 e. The Morgan fingerprint density at radius 2 is 2.00 bits per heavy atom. The van der Waals surface area contributed by atoms with E-state index in [1.807, 2.05) is 13.0 Å². The Morgan fingerprint density at radius 3 is 2.73 bits per heavy atom. The van der Waals surface area contributed by atoms with Gasteiger partial charge in [0, 0.05) is 17.0 Å². The molecule has 2 heterocycles. The normalized spacial score (nSPS) is 16.3. The zero-order valence-corrected chi connectivity index (χ0v) is 15.0. The molecule has 4 nitrogen and oxygen atoms in total. The second kappa shape index (κ2) is 6.74. The largest absolute Gasteiger partial charge is 0.443 e. The fourth-order valence-corrected chi connectivity index (χ4v) is 3.74. The highest BCUT2D eigenvalue weighted by Gasteiger charge is 2.27. The quantitative estimate of drug-likeness (QED) is 0.716. The molecule has 4 rings (SSSR count). The molecule has 0 fully saturated rings. The summed E-state index contributed by atoms with van der Waals surface area (Å²) in [5.74, 6) is 0.328. The third-order valence-corrected chi connectivity index (χ3v) is 5.00. The number of quaternary nitrogens is 1. The van der Waals surface area contributed by atoms with Gasteiger partial charge in [-0.15, -0.1) is 0 Å². The van der Waals surface area contributed by atoms with Gasteiger partial charge in [-0.2, -0.15) is 0 Å². The summed E-state index contributed by atoms with van der Waals surface area (Å²) in [4.78, 5) is 13.1. The van der Waals surface area contributed by atoms with E-state index in [2.05, 4.69) is 0 Å². The summed E-state index contributed by atoms with van der Waals surface area (Å²) in [6, 6.07) is 9.76. The van der Waals surface area contributed by atoms with Crippen molar-refractivity contribution < 1.29 is 18.4 Å². The Labute approximate surface area is 154 Å². The van der Waals surface area contributed by atoms with Gasteiger partial charge < -0.3 is 9.15 Å². The third kappa shape index (κ3) is 3.08. The van der Waals surface area contributed by atoms with Crippen molar-refractivity contribution in [3.05, 3.63) is 74.3 Å². The van der Waals surface area contributed by atoms with Crippen LogP contribution in [0.5, 0.6) is 5.75 Å². The lowest BCUT2D eigenvalue weighted by Crippen LogP contribution is -3.10. The molecule has 6 heteroatoms. The Kier molecular flexibility index (Phi) is 4.42. The topological polar surface area (TPSA) is 43.9 Å². The molecule has 0 amide bonds. The van der Waals surface area contributed by atoms with Crippen LogP contribution in [0.25, 0.3) is 11.0 Å². The van der Waals surface area contributed by atoms with Crippen LogP contribution in [0, 0.1) is 5.82 Å². The molecule has 1 atom stereocenters. The van der Waals surface area contributed by atoms with Gasteiger partial charge in [0.05, 0.1) is 10.6 Å². The molecule has 1 aliphatic rings. The molecule has 26 heavy (non-hydrogen) atoms. The molecule has 134 valence electrons. The van der Waals surface area contributed by atoms with Crippen molar-refractivity contribution in [3.8, 4) is 5.75 Å². The number of rotatable bonds is 3. The summed E-state index contributed by atoms with van der Waals surface area (Å²) >= 11 is 6.42. The average molecular weight is 375 g/mol. The number of halogens is 2. The summed E-state index contributed by atoms with van der Waals surface area (Å²) in [6.45, 7) is 3.71. The van der Waals surface area contributed by atoms with Crippen LogP contribution in [0.1, 0.15) is 23.6 Å². The molecular formula is C20H18ClFNO3+. The van der Waals surface area contributed by atoms with Crippen LogP contribution < -0.4 is 15.3 Å². The number of ether oxygens (including phenoxy) is 1. The number of hydrogen-bond donors (Lipinski definition) is 1. The van der Waals surface area contributed by atoms with Gasteiger partial charge in [-0.25, -0.2) is 9.18 Å². The van der Waals surface area contributed by atoms with Gasteiger partial charge in [0.2, 0.25) is 6.73 Å². The van der Waals surface area contributed by atoms with Gasteiger partial charge in [0.25, 0.3) is 0 Å². The predicted molar refractivity (Wildman–Crippen MR) is 97.1 cm³/mol. The van der Waals surface area contributed by atoms with Crippen molar-refractivity contribution in [3.63, 3.8) is 0 Å². The predicted octanol–water partition coefficient (Wildman–Crippen LogP) is 3.08. The third-order valence-electron chi connectivity index (χ3n) is 4.72. The Balaban J connectivity index is 1.75. The van der Waals surface area contributed by atoms with Gasteiger partial charge >= 0.3 is 5.63 Å². The minimum atomic E-state index is -0.371. The van der Waals surface area contributed by atoms with Crippen LogP contribution in [-0.4, -0.2) is 6.73 Å². The standard InChI is InChI=1S/C20H17ClFNO3/c1-2-13-7-18(24)26-19-15(13)8-17(21)20-16(19)10-23(11-25-20)9-12-3-5-14(22)6-4-12/h3-8H,2,9-11H2,1H3/p+1. The van der Waals surface area contributed by atoms with Gasteiger partial charge in [0.15, 0.2) is 11.3 Å². The second-order valence-corrected chi connectivity index (χ2v) is 6.91. The van der Waals surface area contributed by atoms with Crippen molar-refractivity contribution in [1.29, 1.82) is 0 Å². The lowest BCUT2D eigenvalue weighted by Gasteiger charge is -2.27. The highest BCUT2D eigenvalue weighted by Crippen LogP contribution is 2.37. The molecular weight excluding hydrogens is 357 g/mol. The zero-order chi connectivity index (χ0) is 18.3. The Bertz CT molecular complexity index is 1030. The van der Waals surface area contributed by atoms with Gasteiger partial charge in [-0.05, 0) is 30.2 Å². The molecule has 3 aromatic rings. The molecule has 0 saturated heterocycles. The lowest BCUT2D eigenvalue weighted by atomic mass is 10.0. The number of fused-ring (bicyclic) bond motifs is 3. The van der Waals surface area contributed by atoms with Crippen molar-refractivity contribution in [1.82, 2.24) is 0 Å². The van der Waals surface area contributed by atoms with E-state index in [-0.39, 0.29) is 11.4 Å². The molecule has 0 saturated carbocycles. The Hall–Kier alpha value is -2.37. The van der Waals surface area contributed by atoms with Gasteiger partial charge in [-0.3, -0.25) is 4.90 Å². The van der Waals surface area contributed by atoms with E-state index >= 15 is 0 Å². The van der Waals surface area contributed by atoms with E-state index in [4.69, 9.17) is 20.8 Å². The molecule has 1 unspecified atom stereocenters. The first-order chi connectivity index (χ1) is 12.5. The summed E-state index contributed by atoms with van der Waals surface area (Å²) in [5.41, 5.74) is 2.90. The van der Waals surface area contributed by atoms with Crippen LogP contribution >= 0.6 is 11.6 Å². The number of nitrogens with one attached hydrogen (secondary N) is 1. The van der Waals surface area contributed by atoms with Crippen molar-refractivity contribution in [2.24, 2.45) is 0 Å². The number of hydrogen-bond acceptors (Lipinski definition) is 3. The number of aryl methyl sites for hydroxylation is 1. The summed E-state index contributed by atoms with van der Waals surface area (Å²) in [5, 5.41) is 1.37. The molecule has 0 bridgehead atoms. The molecule has 0 radical (unpaired) electrons. The van der Waals surface area contributed by atoms with Crippen LogP contribution in [-0.2, 0) is 19.5 Å². The highest BCUT2D eigenvalue weighted by molar-refractivity contribution is 6.33. The maximum atomic E-state index is 13.1. The molecule has 0 spiro atoms. The molecule has 1 aliphatic heterocycles. The van der Waals surface area contributed by atoms with E-state index < -0.39 is 0 Å². The fraction of sp³-hybridized carbons (Fsp3) is 0.250. The minimum absolute atomic E-state index is 0.254. The van der Waals surface area contributed by atoms with Gasteiger partial charge in [0.1, 0.15) is 18.9 Å². The second-order valence-electron chi connectivity index (χ2n) is 6.51. The highest BCUT2D eigenvalue weighted by atomic mass is 35.5. The van der Waals surface area contributed by atoms with E-state index in [1.54, 1.807) is 12.1 Å². The van der Waals surface area contributed by atoms with Gasteiger partial charge in [-0.1, -0.05) is 30.7 Å². The minimum Gasteiger partial charge on any atom is -0.443 e. The van der Waals surface area contributed by atoms with E-state index in [0.29, 0.717) is 42.6 Å². The first-order valence-electron chi connectivity index (χ1n) is 8.54. The zero-order valence-electron chi connectivity index (χ0n) is 14.3. The fourth-order valence-electron chi connectivity index (χ4n) is 3.46. The van der Waals surface area contributed by atoms with Crippen molar-refractivity contribution in [2.45, 2.75) is 26.4 Å². The number of benzene rings is 2. The monoisotopic (exact) mass is 374 g/mol. The first-order valence-corrected chi connectivity index (χ1v) is 8.92. The van der Waals surface area contributed by atoms with Crippen LogP contribution in [0.15, 0.2) is 45.6 Å². The van der Waals surface area contributed by atoms with E-state index in [9.17, 15) is 9.18 Å². The Morgan fingerprint density at radius 1 is 1.23 bits per heavy atom. The van der Waals surface area contributed by atoms with Crippen LogP contribution in [0.3, 0.4) is 0 Å². The first kappa shape index (κ1) is 17.1. The maximum absolute atomic E-state index is 13.1. The summed E-state index contributed by atoms with van der Waals surface area (Å²) < 4.78 is 24.5. The summed E-state index contributed by atoms with van der Waals surface area (Å²) in [7, 11) is 0. The maximum Gasteiger partial charge on any atom is 0.336 e. The van der Waals surface area contributed by atoms with Crippen LogP contribution in [0.4, 0.5) is 4.39 Å². The SMILES string of the molecule is CCc1cc(=O)oc2c3c(c(Cl)cc12)OC[NH+](Cc1ccc(F)cc1)C3.